The molecular weight excluding hydrogens is 380 g/mol. The monoisotopic (exact) mass is 404 g/mol. The van der Waals surface area contributed by atoms with Crippen molar-refractivity contribution in [1.82, 2.24) is 29.0 Å². The average molecular weight is 405 g/mol. The summed E-state index contributed by atoms with van der Waals surface area (Å²) < 4.78 is 4.29. The van der Waals surface area contributed by atoms with Gasteiger partial charge in [0.2, 0.25) is 0 Å². The van der Waals surface area contributed by atoms with Gasteiger partial charge in [0.1, 0.15) is 5.65 Å². The lowest BCUT2D eigenvalue weighted by Gasteiger charge is -2.15. The van der Waals surface area contributed by atoms with Crippen LogP contribution in [0.4, 0.5) is 0 Å². The zero-order valence-electron chi connectivity index (χ0n) is 16.5. The van der Waals surface area contributed by atoms with E-state index >= 15 is 0 Å². The van der Waals surface area contributed by atoms with Crippen molar-refractivity contribution in [2.45, 2.75) is 37.2 Å². The highest BCUT2D eigenvalue weighted by Gasteiger charge is 2.19. The lowest BCUT2D eigenvalue weighted by atomic mass is 10.3. The fourth-order valence-corrected chi connectivity index (χ4v) is 4.74. The van der Waals surface area contributed by atoms with E-state index < -0.39 is 0 Å². The summed E-state index contributed by atoms with van der Waals surface area (Å²) in [5.74, 6) is 1.77. The molecule has 29 heavy (non-hydrogen) atoms. The third-order valence-electron chi connectivity index (χ3n) is 5.36. The van der Waals surface area contributed by atoms with Gasteiger partial charge in [0.25, 0.3) is 0 Å². The van der Waals surface area contributed by atoms with Crippen molar-refractivity contribution in [3.63, 3.8) is 0 Å². The number of para-hydroxylation sites is 1. The van der Waals surface area contributed by atoms with E-state index in [1.54, 1.807) is 11.8 Å². The van der Waals surface area contributed by atoms with Crippen LogP contribution < -0.4 is 0 Å². The molecule has 1 aliphatic heterocycles. The van der Waals surface area contributed by atoms with E-state index in [1.165, 1.54) is 18.4 Å². The number of aryl methyl sites for hydroxylation is 1. The number of rotatable bonds is 6. The molecular formula is C22H24N6S. The van der Waals surface area contributed by atoms with Gasteiger partial charge in [-0.25, -0.2) is 4.98 Å². The summed E-state index contributed by atoms with van der Waals surface area (Å²) in [5.41, 5.74) is 4.36. The number of hydrogen-bond donors (Lipinski definition) is 0. The predicted octanol–water partition coefficient (Wildman–Crippen LogP) is 4.11. The molecule has 0 saturated carbocycles. The second-order valence-corrected chi connectivity index (χ2v) is 8.44. The maximum absolute atomic E-state index is 4.80. The third-order valence-corrected chi connectivity index (χ3v) is 6.32. The zero-order valence-corrected chi connectivity index (χ0v) is 17.3. The van der Waals surface area contributed by atoms with Crippen LogP contribution in [0, 0.1) is 6.92 Å². The highest BCUT2D eigenvalue weighted by molar-refractivity contribution is 7.98. The molecule has 0 amide bonds. The number of hydrogen-bond acceptors (Lipinski definition) is 5. The quantitative estimate of drug-likeness (QED) is 0.453. The van der Waals surface area contributed by atoms with Crippen LogP contribution in [0.15, 0.2) is 60.0 Å². The minimum atomic E-state index is 0.760. The van der Waals surface area contributed by atoms with E-state index in [9.17, 15) is 0 Å². The van der Waals surface area contributed by atoms with Crippen molar-refractivity contribution in [3.05, 3.63) is 71.9 Å². The summed E-state index contributed by atoms with van der Waals surface area (Å²) in [7, 11) is 0. The molecule has 0 N–H and O–H groups in total. The fourth-order valence-electron chi connectivity index (χ4n) is 3.89. The van der Waals surface area contributed by atoms with Gasteiger partial charge in [-0.15, -0.1) is 10.2 Å². The highest BCUT2D eigenvalue weighted by Crippen LogP contribution is 2.26. The molecule has 0 unspecified atom stereocenters. The molecule has 6 nitrogen and oxygen atoms in total. The third kappa shape index (κ3) is 3.80. The van der Waals surface area contributed by atoms with E-state index in [0.717, 1.165) is 53.4 Å². The standard InChI is InChI=1S/C22H24N6S/c1-17-8-7-13-27-14-18(23-21(17)27)16-29-22-25-24-20(15-26-11-5-6-12-26)28(22)19-9-3-2-4-10-19/h2-4,7-10,13-14H,5-6,11-12,15-16H2,1H3. The molecule has 0 spiro atoms. The zero-order chi connectivity index (χ0) is 19.6. The van der Waals surface area contributed by atoms with Crippen LogP contribution in [0.3, 0.4) is 0 Å². The van der Waals surface area contributed by atoms with Crippen molar-refractivity contribution < 1.29 is 0 Å². The predicted molar refractivity (Wildman–Crippen MR) is 115 cm³/mol. The van der Waals surface area contributed by atoms with Gasteiger partial charge in [-0.3, -0.25) is 9.47 Å². The van der Waals surface area contributed by atoms with Crippen LogP contribution in [-0.4, -0.2) is 42.1 Å². The van der Waals surface area contributed by atoms with Crippen LogP contribution in [-0.2, 0) is 12.3 Å². The molecule has 1 aromatic carbocycles. The smallest absolute Gasteiger partial charge is 0.196 e. The SMILES string of the molecule is Cc1cccn2cc(CSc3nnc(CN4CCCC4)n3-c3ccccc3)nc12. The molecule has 148 valence electrons. The Labute approximate surface area is 174 Å². The Morgan fingerprint density at radius 3 is 2.62 bits per heavy atom. The van der Waals surface area contributed by atoms with Crippen LogP contribution in [0.5, 0.6) is 0 Å². The van der Waals surface area contributed by atoms with Gasteiger partial charge < -0.3 is 4.40 Å². The molecule has 0 aliphatic carbocycles. The van der Waals surface area contributed by atoms with Gasteiger partial charge in [-0.2, -0.15) is 0 Å². The summed E-state index contributed by atoms with van der Waals surface area (Å²) >= 11 is 1.69. The molecule has 1 fully saturated rings. The molecule has 5 rings (SSSR count). The van der Waals surface area contributed by atoms with Crippen molar-refractivity contribution in [2.24, 2.45) is 0 Å². The van der Waals surface area contributed by atoms with Crippen molar-refractivity contribution >= 4 is 17.4 Å². The first-order chi connectivity index (χ1) is 14.3. The minimum absolute atomic E-state index is 0.760. The van der Waals surface area contributed by atoms with Gasteiger partial charge in [-0.05, 0) is 56.6 Å². The highest BCUT2D eigenvalue weighted by atomic mass is 32.2. The first-order valence-electron chi connectivity index (χ1n) is 10.1. The van der Waals surface area contributed by atoms with Crippen LogP contribution in [0.1, 0.15) is 29.9 Å². The van der Waals surface area contributed by atoms with Gasteiger partial charge in [0, 0.05) is 23.8 Å². The molecule has 0 bridgehead atoms. The number of likely N-dealkylation sites (tertiary alicyclic amines) is 1. The van der Waals surface area contributed by atoms with Crippen molar-refractivity contribution in [3.8, 4) is 5.69 Å². The lowest BCUT2D eigenvalue weighted by Crippen LogP contribution is -2.21. The number of imidazole rings is 1. The van der Waals surface area contributed by atoms with Gasteiger partial charge in [-0.1, -0.05) is 36.0 Å². The summed E-state index contributed by atoms with van der Waals surface area (Å²) in [4.78, 5) is 7.26. The largest absolute Gasteiger partial charge is 0.307 e. The van der Waals surface area contributed by atoms with Gasteiger partial charge >= 0.3 is 0 Å². The summed E-state index contributed by atoms with van der Waals surface area (Å²) in [6.07, 6.45) is 6.69. The first-order valence-corrected chi connectivity index (χ1v) is 11.0. The number of pyridine rings is 1. The molecule has 4 aromatic rings. The molecule has 0 radical (unpaired) electrons. The van der Waals surface area contributed by atoms with Crippen LogP contribution in [0.25, 0.3) is 11.3 Å². The Balaban J connectivity index is 1.42. The summed E-state index contributed by atoms with van der Waals surface area (Å²) in [5, 5.41) is 10.0. The number of nitrogens with zero attached hydrogens (tertiary/aromatic N) is 6. The van der Waals surface area contributed by atoms with Crippen LogP contribution in [0.2, 0.25) is 0 Å². The van der Waals surface area contributed by atoms with E-state index in [2.05, 4.69) is 73.6 Å². The Kier molecular flexibility index (Phi) is 5.08. The number of fused-ring (bicyclic) bond motifs is 1. The van der Waals surface area contributed by atoms with Crippen LogP contribution >= 0.6 is 11.8 Å². The van der Waals surface area contributed by atoms with Crippen molar-refractivity contribution in [2.75, 3.05) is 13.1 Å². The number of thioether (sulfide) groups is 1. The normalized spacial score (nSPS) is 14.8. The topological polar surface area (TPSA) is 51.2 Å². The fraction of sp³-hybridized carbons (Fsp3) is 0.318. The Morgan fingerprint density at radius 2 is 1.83 bits per heavy atom. The maximum Gasteiger partial charge on any atom is 0.196 e. The summed E-state index contributed by atoms with van der Waals surface area (Å²) in [6.45, 7) is 5.22. The molecule has 1 aliphatic rings. The Bertz CT molecular complexity index is 1110. The van der Waals surface area contributed by atoms with Gasteiger partial charge in [0.15, 0.2) is 11.0 Å². The summed E-state index contributed by atoms with van der Waals surface area (Å²) in [6, 6.07) is 14.6. The van der Waals surface area contributed by atoms with E-state index in [4.69, 9.17) is 4.98 Å². The van der Waals surface area contributed by atoms with Gasteiger partial charge in [0.05, 0.1) is 12.2 Å². The number of benzene rings is 1. The average Bonchev–Trinajstić information content (AvgIpc) is 3.48. The maximum atomic E-state index is 4.80. The lowest BCUT2D eigenvalue weighted by molar-refractivity contribution is 0.319. The first kappa shape index (κ1) is 18.4. The van der Waals surface area contributed by atoms with E-state index in [0.29, 0.717) is 0 Å². The minimum Gasteiger partial charge on any atom is -0.307 e. The molecule has 1 saturated heterocycles. The molecule has 3 aromatic heterocycles. The second-order valence-electron chi connectivity index (χ2n) is 7.50. The van der Waals surface area contributed by atoms with Crippen molar-refractivity contribution in [1.29, 1.82) is 0 Å². The molecule has 4 heterocycles. The molecule has 0 atom stereocenters. The Hall–Kier alpha value is -2.64. The second kappa shape index (κ2) is 8.00. The number of aromatic nitrogens is 5. The Morgan fingerprint density at radius 1 is 1.00 bits per heavy atom. The van der Waals surface area contributed by atoms with E-state index in [-0.39, 0.29) is 0 Å². The van der Waals surface area contributed by atoms with E-state index in [1.807, 2.05) is 12.3 Å². The molecule has 7 heteroatoms.